The van der Waals surface area contributed by atoms with Crippen molar-refractivity contribution >= 4 is 0 Å². The zero-order valence-corrected chi connectivity index (χ0v) is 12.8. The topological polar surface area (TPSA) is 60.9 Å². The van der Waals surface area contributed by atoms with Crippen LogP contribution in [0.5, 0.6) is 0 Å². The van der Waals surface area contributed by atoms with Crippen molar-refractivity contribution < 1.29 is 4.52 Å². The van der Waals surface area contributed by atoms with Crippen LogP contribution >= 0.6 is 0 Å². The number of hydrogen-bond acceptors (Lipinski definition) is 4. The van der Waals surface area contributed by atoms with Gasteiger partial charge in [-0.25, -0.2) is 0 Å². The molecule has 3 rings (SSSR count). The van der Waals surface area contributed by atoms with Crippen LogP contribution in [0, 0.1) is 13.8 Å². The highest BCUT2D eigenvalue weighted by molar-refractivity contribution is 5.66. The van der Waals surface area contributed by atoms with Crippen LogP contribution in [0.4, 0.5) is 0 Å². The molecule has 0 amide bonds. The van der Waals surface area contributed by atoms with Crippen LogP contribution < -0.4 is 5.56 Å². The molecule has 3 heterocycles. The first-order valence-electron chi connectivity index (χ1n) is 7.14. The maximum Gasteiger partial charge on any atom is 0.251 e. The molecule has 5 nitrogen and oxygen atoms in total. The maximum atomic E-state index is 12.2. The highest BCUT2D eigenvalue weighted by atomic mass is 16.5. The Morgan fingerprint density at radius 1 is 1.18 bits per heavy atom. The van der Waals surface area contributed by atoms with E-state index in [4.69, 9.17) is 4.52 Å². The summed E-state index contributed by atoms with van der Waals surface area (Å²) < 4.78 is 6.90. The van der Waals surface area contributed by atoms with Gasteiger partial charge in [0.1, 0.15) is 5.76 Å². The first-order chi connectivity index (χ1) is 10.6. The van der Waals surface area contributed by atoms with Gasteiger partial charge in [-0.1, -0.05) is 11.2 Å². The Bertz CT molecular complexity index is 830. The summed E-state index contributed by atoms with van der Waals surface area (Å²) in [6.45, 7) is 5.72. The van der Waals surface area contributed by atoms with E-state index in [-0.39, 0.29) is 11.6 Å². The molecule has 0 radical (unpaired) electrons. The van der Waals surface area contributed by atoms with Crippen molar-refractivity contribution in [3.05, 3.63) is 70.2 Å². The lowest BCUT2D eigenvalue weighted by Crippen LogP contribution is -2.23. The van der Waals surface area contributed by atoms with E-state index in [0.29, 0.717) is 0 Å². The monoisotopic (exact) mass is 295 g/mol. The second-order valence-corrected chi connectivity index (χ2v) is 5.29. The molecule has 0 saturated carbocycles. The van der Waals surface area contributed by atoms with Gasteiger partial charge in [-0.3, -0.25) is 9.78 Å². The molecule has 3 aromatic heterocycles. The number of pyridine rings is 2. The molecule has 0 saturated heterocycles. The number of aryl methyl sites for hydroxylation is 2. The van der Waals surface area contributed by atoms with E-state index >= 15 is 0 Å². The predicted octanol–water partition coefficient (Wildman–Crippen LogP) is 3.12. The van der Waals surface area contributed by atoms with Crippen LogP contribution in [-0.2, 0) is 0 Å². The van der Waals surface area contributed by atoms with Crippen LogP contribution in [0.2, 0.25) is 0 Å². The minimum atomic E-state index is -0.144. The van der Waals surface area contributed by atoms with E-state index in [1.54, 1.807) is 22.9 Å². The van der Waals surface area contributed by atoms with E-state index < -0.39 is 0 Å². The molecular weight excluding hydrogens is 278 g/mol. The highest BCUT2D eigenvalue weighted by Crippen LogP contribution is 2.26. The number of rotatable bonds is 3. The van der Waals surface area contributed by atoms with Crippen molar-refractivity contribution in [1.29, 1.82) is 0 Å². The predicted molar refractivity (Wildman–Crippen MR) is 83.7 cm³/mol. The van der Waals surface area contributed by atoms with Crippen molar-refractivity contribution in [3.63, 3.8) is 0 Å². The fourth-order valence-corrected chi connectivity index (χ4v) is 2.61. The third-order valence-corrected chi connectivity index (χ3v) is 3.79. The molecule has 1 unspecified atom stereocenters. The van der Waals surface area contributed by atoms with Crippen molar-refractivity contribution in [3.8, 4) is 11.1 Å². The van der Waals surface area contributed by atoms with Gasteiger partial charge in [0.05, 0.1) is 17.4 Å². The van der Waals surface area contributed by atoms with Crippen molar-refractivity contribution in [2.75, 3.05) is 0 Å². The highest BCUT2D eigenvalue weighted by Gasteiger charge is 2.15. The Balaban J connectivity index is 2.10. The number of hydrogen-bond donors (Lipinski definition) is 0. The minimum Gasteiger partial charge on any atom is -0.361 e. The summed E-state index contributed by atoms with van der Waals surface area (Å²) in [7, 11) is 0. The summed E-state index contributed by atoms with van der Waals surface area (Å²) in [5.74, 6) is 0.744. The zero-order chi connectivity index (χ0) is 15.7. The fourth-order valence-electron chi connectivity index (χ4n) is 2.61. The Hall–Kier alpha value is -2.69. The average Bonchev–Trinajstić information content (AvgIpc) is 2.87. The van der Waals surface area contributed by atoms with Gasteiger partial charge in [0.15, 0.2) is 0 Å². The summed E-state index contributed by atoms with van der Waals surface area (Å²) in [5, 5.41) is 3.97. The molecular formula is C17H17N3O2. The lowest BCUT2D eigenvalue weighted by Gasteiger charge is -2.15. The van der Waals surface area contributed by atoms with Gasteiger partial charge in [-0.2, -0.15) is 0 Å². The molecule has 5 heteroatoms. The van der Waals surface area contributed by atoms with E-state index in [1.165, 1.54) is 0 Å². The van der Waals surface area contributed by atoms with Crippen LogP contribution in [0.3, 0.4) is 0 Å². The van der Waals surface area contributed by atoms with Crippen LogP contribution in [0.1, 0.15) is 30.1 Å². The second-order valence-electron chi connectivity index (χ2n) is 5.29. The molecule has 3 aromatic rings. The Morgan fingerprint density at radius 2 is 2.00 bits per heavy atom. The molecule has 0 N–H and O–H groups in total. The number of aromatic nitrogens is 3. The molecule has 0 aromatic carbocycles. The molecule has 0 aliphatic heterocycles. The molecule has 0 aliphatic rings. The normalized spacial score (nSPS) is 12.3. The van der Waals surface area contributed by atoms with Gasteiger partial charge in [0.2, 0.25) is 0 Å². The minimum absolute atomic E-state index is 0.0614. The molecule has 1 atom stereocenters. The fraction of sp³-hybridized carbons (Fsp3) is 0.235. The Kier molecular flexibility index (Phi) is 3.63. The molecule has 0 aliphatic carbocycles. The summed E-state index contributed by atoms with van der Waals surface area (Å²) in [4.78, 5) is 16.6. The zero-order valence-electron chi connectivity index (χ0n) is 12.8. The molecule has 0 fully saturated rings. The largest absolute Gasteiger partial charge is 0.361 e. The van der Waals surface area contributed by atoms with Crippen LogP contribution in [0.25, 0.3) is 11.1 Å². The second kappa shape index (κ2) is 5.60. The Labute approximate surface area is 128 Å². The summed E-state index contributed by atoms with van der Waals surface area (Å²) in [5.41, 5.74) is 3.45. The van der Waals surface area contributed by atoms with E-state index in [9.17, 15) is 4.79 Å². The lowest BCUT2D eigenvalue weighted by molar-refractivity contribution is 0.393. The molecule has 112 valence electrons. The van der Waals surface area contributed by atoms with Crippen LogP contribution in [-0.4, -0.2) is 14.7 Å². The third-order valence-electron chi connectivity index (χ3n) is 3.79. The molecule has 0 bridgehead atoms. The quantitative estimate of drug-likeness (QED) is 0.745. The average molecular weight is 295 g/mol. The standard InChI is InChI=1S/C17H17N3O2/c1-11-17(13(3)22-19-11)14-7-8-16(21)20(10-14)12(2)15-6-4-5-9-18-15/h4-10,12H,1-3H3. The number of nitrogens with zero attached hydrogens (tertiary/aromatic N) is 3. The SMILES string of the molecule is Cc1noc(C)c1-c1ccc(=O)n(C(C)c2ccccn2)c1. The summed E-state index contributed by atoms with van der Waals surface area (Å²) >= 11 is 0. The van der Waals surface area contributed by atoms with E-state index in [2.05, 4.69) is 10.1 Å². The summed E-state index contributed by atoms with van der Waals surface area (Å²) in [6.07, 6.45) is 3.57. The van der Waals surface area contributed by atoms with Crippen molar-refractivity contribution in [1.82, 2.24) is 14.7 Å². The Morgan fingerprint density at radius 3 is 2.64 bits per heavy atom. The van der Waals surface area contributed by atoms with Gasteiger partial charge in [-0.15, -0.1) is 0 Å². The van der Waals surface area contributed by atoms with Crippen molar-refractivity contribution in [2.24, 2.45) is 0 Å². The summed E-state index contributed by atoms with van der Waals surface area (Å²) in [6, 6.07) is 8.92. The first kappa shape index (κ1) is 14.3. The van der Waals surface area contributed by atoms with Crippen molar-refractivity contribution in [2.45, 2.75) is 26.8 Å². The van der Waals surface area contributed by atoms with Crippen LogP contribution in [0.15, 0.2) is 52.0 Å². The maximum absolute atomic E-state index is 12.2. The first-order valence-corrected chi connectivity index (χ1v) is 7.14. The third kappa shape index (κ3) is 2.45. The van der Waals surface area contributed by atoms with Gasteiger partial charge in [0, 0.05) is 29.6 Å². The van der Waals surface area contributed by atoms with Gasteiger partial charge in [0.25, 0.3) is 5.56 Å². The smallest absolute Gasteiger partial charge is 0.251 e. The molecule has 0 spiro atoms. The van der Waals surface area contributed by atoms with Gasteiger partial charge < -0.3 is 9.09 Å². The van der Waals surface area contributed by atoms with E-state index in [1.807, 2.05) is 45.2 Å². The van der Waals surface area contributed by atoms with E-state index in [0.717, 1.165) is 28.3 Å². The van der Waals surface area contributed by atoms with Gasteiger partial charge >= 0.3 is 0 Å². The lowest BCUT2D eigenvalue weighted by atomic mass is 10.1. The van der Waals surface area contributed by atoms with Gasteiger partial charge in [-0.05, 0) is 39.0 Å². The molecule has 22 heavy (non-hydrogen) atoms.